The van der Waals surface area contributed by atoms with Crippen LogP contribution in [-0.2, 0) is 4.79 Å². The summed E-state index contributed by atoms with van der Waals surface area (Å²) in [5.74, 6) is 2.05. The summed E-state index contributed by atoms with van der Waals surface area (Å²) >= 11 is 9.48. The minimum Gasteiger partial charge on any atom is -0.299 e. The molecule has 0 heterocycles. The van der Waals surface area contributed by atoms with Gasteiger partial charge in [0.15, 0.2) is 0 Å². The van der Waals surface area contributed by atoms with Crippen LogP contribution in [0, 0.1) is 17.3 Å². The summed E-state index contributed by atoms with van der Waals surface area (Å²) in [6.45, 7) is 18.2. The normalized spacial score (nSPS) is 20.2. The Kier molecular flexibility index (Phi) is 10.7. The number of Topliss-reactive ketones (excluding diaryl/α,β-unsaturated/α-hetero) is 1. The average Bonchev–Trinajstić information content (AvgIpc) is 3.15. The van der Waals surface area contributed by atoms with Crippen molar-refractivity contribution in [2.45, 2.75) is 83.8 Å². The van der Waals surface area contributed by atoms with E-state index in [1.165, 1.54) is 24.0 Å². The fourth-order valence-electron chi connectivity index (χ4n) is 5.98. The Labute approximate surface area is 239 Å². The van der Waals surface area contributed by atoms with Crippen LogP contribution in [0.1, 0.15) is 90.2 Å². The van der Waals surface area contributed by atoms with Crippen molar-refractivity contribution in [3.8, 4) is 0 Å². The number of benzene rings is 2. The predicted molar refractivity (Wildman–Crippen MR) is 170 cm³/mol. The Balaban J connectivity index is 1.93. The number of carbonyl (C=O) groups excluding carboxylic acids is 1. The molecule has 4 unspecified atom stereocenters. The highest BCUT2D eigenvalue weighted by atomic mass is 32.2. The van der Waals surface area contributed by atoms with E-state index in [0.29, 0.717) is 12.2 Å². The lowest BCUT2D eigenvalue weighted by atomic mass is 9.62. The van der Waals surface area contributed by atoms with Crippen LogP contribution in [0.3, 0.4) is 0 Å². The van der Waals surface area contributed by atoms with E-state index in [1.807, 2.05) is 23.5 Å². The average molecular weight is 553 g/mol. The Morgan fingerprint density at radius 2 is 1.59 bits per heavy atom. The smallest absolute Gasteiger partial charge is 0.141 e. The van der Waals surface area contributed by atoms with E-state index >= 15 is 0 Å². The molecule has 0 aliphatic heterocycles. The molecule has 4 heteroatoms. The molecule has 0 aromatic heterocycles. The Hall–Kier alpha value is -1.36. The summed E-state index contributed by atoms with van der Waals surface area (Å²) < 4.78 is 0.916. The van der Waals surface area contributed by atoms with Gasteiger partial charge < -0.3 is 0 Å². The van der Waals surface area contributed by atoms with Gasteiger partial charge in [-0.15, -0.1) is 23.5 Å². The third-order valence-electron chi connectivity index (χ3n) is 8.49. The highest BCUT2D eigenvalue weighted by Gasteiger charge is 2.50. The first-order chi connectivity index (χ1) is 17.5. The second kappa shape index (κ2) is 13.1. The largest absolute Gasteiger partial charge is 0.299 e. The zero-order valence-corrected chi connectivity index (χ0v) is 25.9. The number of allylic oxidation sites excluding steroid dienone is 1. The lowest BCUT2D eigenvalue weighted by Gasteiger charge is -2.43. The summed E-state index contributed by atoms with van der Waals surface area (Å²) in [4.78, 5) is 13.6. The maximum absolute atomic E-state index is 13.6. The third kappa shape index (κ3) is 7.40. The molecule has 1 saturated carbocycles. The monoisotopic (exact) mass is 552 g/mol. The number of hydrogen-bond donors (Lipinski definition) is 0. The van der Waals surface area contributed by atoms with Crippen LogP contribution in [-0.4, -0.2) is 19.8 Å². The minimum atomic E-state index is -0.188. The molecular formula is C33H44OS3. The molecule has 1 fully saturated rings. The fourth-order valence-corrected chi connectivity index (χ4v) is 9.41. The standard InChI is InChI=1S/C33H44OS3/c1-8-9-20-36-31(35)37-33(6,7)28(26-18-14-11-15-19-26)22-27-23(2)21-29(34)30(27)32(4,5)24(3)25-16-12-10-13-17-25/h10-19,24,27-28,30H,2,8-9,20-22H2,1,3-7H3. The molecule has 200 valence electrons. The van der Waals surface area contributed by atoms with Crippen molar-refractivity contribution in [2.24, 2.45) is 17.3 Å². The molecule has 3 rings (SSSR count). The van der Waals surface area contributed by atoms with Crippen molar-refractivity contribution in [3.05, 3.63) is 83.9 Å². The number of rotatable bonds is 11. The van der Waals surface area contributed by atoms with Gasteiger partial charge in [0.2, 0.25) is 0 Å². The van der Waals surface area contributed by atoms with Crippen molar-refractivity contribution in [2.75, 3.05) is 5.75 Å². The van der Waals surface area contributed by atoms with Crippen LogP contribution in [0.4, 0.5) is 0 Å². The molecule has 0 radical (unpaired) electrons. The van der Waals surface area contributed by atoms with Gasteiger partial charge in [-0.05, 0) is 66.7 Å². The molecule has 2 aromatic rings. The second-order valence-corrected chi connectivity index (χ2v) is 15.6. The van der Waals surface area contributed by atoms with E-state index < -0.39 is 0 Å². The molecular weight excluding hydrogens is 509 g/mol. The quantitative estimate of drug-likeness (QED) is 0.157. The minimum absolute atomic E-state index is 0.0481. The van der Waals surface area contributed by atoms with E-state index in [2.05, 4.69) is 109 Å². The molecule has 0 N–H and O–H groups in total. The van der Waals surface area contributed by atoms with Gasteiger partial charge in [0.1, 0.15) is 9.31 Å². The van der Waals surface area contributed by atoms with Crippen molar-refractivity contribution >= 4 is 45.1 Å². The zero-order chi connectivity index (χ0) is 27.2. The molecule has 2 aromatic carbocycles. The summed E-state index contributed by atoms with van der Waals surface area (Å²) in [5, 5.41) is 0. The topological polar surface area (TPSA) is 17.1 Å². The maximum atomic E-state index is 13.6. The molecule has 0 spiro atoms. The van der Waals surface area contributed by atoms with E-state index in [0.717, 1.165) is 21.3 Å². The molecule has 0 bridgehead atoms. The van der Waals surface area contributed by atoms with Crippen LogP contribution in [0.15, 0.2) is 72.8 Å². The van der Waals surface area contributed by atoms with Gasteiger partial charge in [-0.3, -0.25) is 4.79 Å². The van der Waals surface area contributed by atoms with Crippen molar-refractivity contribution < 1.29 is 4.79 Å². The van der Waals surface area contributed by atoms with Gasteiger partial charge in [-0.25, -0.2) is 0 Å². The van der Waals surface area contributed by atoms with Gasteiger partial charge in [0, 0.05) is 17.1 Å². The summed E-state index contributed by atoms with van der Waals surface area (Å²) in [5.41, 5.74) is 3.53. The number of ketones is 1. The van der Waals surface area contributed by atoms with Gasteiger partial charge in [0.25, 0.3) is 0 Å². The number of thiocarbonyl (C=S) groups is 1. The number of unbranched alkanes of at least 4 members (excludes halogenated alkanes) is 1. The number of carbonyl (C=O) groups is 1. The number of thioether (sulfide) groups is 2. The first-order valence-electron chi connectivity index (χ1n) is 13.6. The van der Waals surface area contributed by atoms with Crippen LogP contribution in [0.25, 0.3) is 0 Å². The van der Waals surface area contributed by atoms with E-state index in [4.69, 9.17) is 12.2 Å². The molecule has 4 atom stereocenters. The lowest BCUT2D eigenvalue weighted by molar-refractivity contribution is -0.125. The molecule has 1 aliphatic carbocycles. The molecule has 1 aliphatic rings. The Morgan fingerprint density at radius 1 is 1.03 bits per heavy atom. The predicted octanol–water partition coefficient (Wildman–Crippen LogP) is 10.1. The van der Waals surface area contributed by atoms with Gasteiger partial charge in [-0.1, -0.05) is 119 Å². The van der Waals surface area contributed by atoms with Crippen molar-refractivity contribution in [1.29, 1.82) is 0 Å². The summed E-state index contributed by atoms with van der Waals surface area (Å²) in [7, 11) is 0. The molecule has 0 saturated heterocycles. The van der Waals surface area contributed by atoms with Crippen LogP contribution >= 0.6 is 35.7 Å². The SMILES string of the molecule is C=C1CC(=O)C(C(C)(C)C(C)c2ccccc2)C1CC(c1ccccc1)C(C)(C)SC(=S)SCCCC. The first kappa shape index (κ1) is 30.2. The lowest BCUT2D eigenvalue weighted by Crippen LogP contribution is -2.38. The highest BCUT2D eigenvalue weighted by Crippen LogP contribution is 2.55. The fraction of sp³-hybridized carbons (Fsp3) is 0.515. The van der Waals surface area contributed by atoms with Crippen LogP contribution in [0.2, 0.25) is 0 Å². The Bertz CT molecular complexity index is 1060. The van der Waals surface area contributed by atoms with E-state index in [9.17, 15) is 4.79 Å². The van der Waals surface area contributed by atoms with Gasteiger partial charge >= 0.3 is 0 Å². The van der Waals surface area contributed by atoms with Gasteiger partial charge in [0.05, 0.1) is 0 Å². The summed E-state index contributed by atoms with van der Waals surface area (Å²) in [6.07, 6.45) is 3.79. The second-order valence-electron chi connectivity index (χ2n) is 11.7. The highest BCUT2D eigenvalue weighted by molar-refractivity contribution is 8.47. The molecule has 37 heavy (non-hydrogen) atoms. The Morgan fingerprint density at radius 3 is 2.16 bits per heavy atom. The van der Waals surface area contributed by atoms with Crippen LogP contribution < -0.4 is 0 Å². The van der Waals surface area contributed by atoms with Crippen molar-refractivity contribution in [3.63, 3.8) is 0 Å². The molecule has 1 nitrogen and oxygen atoms in total. The maximum Gasteiger partial charge on any atom is 0.141 e. The molecule has 0 amide bonds. The van der Waals surface area contributed by atoms with Gasteiger partial charge in [-0.2, -0.15) is 0 Å². The van der Waals surface area contributed by atoms with Crippen molar-refractivity contribution in [1.82, 2.24) is 0 Å². The van der Waals surface area contributed by atoms with Crippen LogP contribution in [0.5, 0.6) is 0 Å². The zero-order valence-electron chi connectivity index (χ0n) is 23.5. The van der Waals surface area contributed by atoms with E-state index in [1.54, 1.807) is 0 Å². The number of hydrogen-bond acceptors (Lipinski definition) is 4. The first-order valence-corrected chi connectivity index (χ1v) is 15.9. The van der Waals surface area contributed by atoms with E-state index in [-0.39, 0.29) is 33.8 Å². The summed E-state index contributed by atoms with van der Waals surface area (Å²) in [6, 6.07) is 21.5. The third-order valence-corrected chi connectivity index (χ3v) is 11.4.